The summed E-state index contributed by atoms with van der Waals surface area (Å²) in [4.78, 5) is 17.9. The fraction of sp³-hybridized carbons (Fsp3) is 0.333. The molecule has 0 unspecified atom stereocenters. The molecule has 1 aliphatic rings. The first-order valence-corrected chi connectivity index (χ1v) is 5.08. The van der Waals surface area contributed by atoms with E-state index in [9.17, 15) is 4.79 Å². The average Bonchev–Trinajstić information content (AvgIpc) is 2.64. The number of Topliss-reactive ketones (excluding diaryl/α,β-unsaturated/α-hetero) is 1. The molecule has 1 aliphatic heterocycles. The van der Waals surface area contributed by atoms with Crippen molar-refractivity contribution in [3.63, 3.8) is 0 Å². The van der Waals surface area contributed by atoms with Crippen LogP contribution in [0.1, 0.15) is 24.2 Å². The van der Waals surface area contributed by atoms with Crippen LogP contribution < -0.4 is 4.90 Å². The van der Waals surface area contributed by atoms with E-state index in [1.54, 1.807) is 6.92 Å². The van der Waals surface area contributed by atoms with Crippen LogP contribution in [0.2, 0.25) is 0 Å². The average molecular weight is 202 g/mol. The fourth-order valence-corrected chi connectivity index (χ4v) is 1.86. The van der Waals surface area contributed by atoms with Crippen LogP contribution >= 0.6 is 0 Å². The third-order valence-electron chi connectivity index (χ3n) is 2.63. The number of benzene rings is 1. The molecule has 1 aromatic carbocycles. The SMILES string of the molecule is CC(=O)c1ccccc1N1CCN=C1C. The highest BCUT2D eigenvalue weighted by Gasteiger charge is 2.18. The molecule has 1 heterocycles. The zero-order valence-electron chi connectivity index (χ0n) is 9.03. The van der Waals surface area contributed by atoms with Gasteiger partial charge in [-0.2, -0.15) is 0 Å². The van der Waals surface area contributed by atoms with Gasteiger partial charge in [0, 0.05) is 12.1 Å². The molecule has 0 aromatic heterocycles. The number of para-hydroxylation sites is 1. The molecule has 3 nitrogen and oxygen atoms in total. The van der Waals surface area contributed by atoms with E-state index in [2.05, 4.69) is 9.89 Å². The molecule has 0 bridgehead atoms. The molecule has 15 heavy (non-hydrogen) atoms. The largest absolute Gasteiger partial charge is 0.328 e. The molecular formula is C12H14N2O. The lowest BCUT2D eigenvalue weighted by Crippen LogP contribution is -2.26. The number of carbonyl (C=O) groups is 1. The molecule has 0 amide bonds. The van der Waals surface area contributed by atoms with E-state index in [4.69, 9.17) is 0 Å². The zero-order valence-corrected chi connectivity index (χ0v) is 9.03. The normalized spacial score (nSPS) is 15.3. The van der Waals surface area contributed by atoms with Crippen LogP contribution in [0, 0.1) is 0 Å². The quantitative estimate of drug-likeness (QED) is 0.688. The fourth-order valence-electron chi connectivity index (χ4n) is 1.86. The zero-order chi connectivity index (χ0) is 10.8. The van der Waals surface area contributed by atoms with E-state index in [-0.39, 0.29) is 5.78 Å². The monoisotopic (exact) mass is 202 g/mol. The summed E-state index contributed by atoms with van der Waals surface area (Å²) in [5.41, 5.74) is 1.75. The number of amidine groups is 1. The van der Waals surface area contributed by atoms with E-state index in [0.717, 1.165) is 30.2 Å². The Hall–Kier alpha value is -1.64. The number of carbonyl (C=O) groups excluding carboxylic acids is 1. The maximum Gasteiger partial charge on any atom is 0.161 e. The second-order valence-electron chi connectivity index (χ2n) is 3.65. The van der Waals surface area contributed by atoms with Crippen molar-refractivity contribution >= 4 is 17.3 Å². The Morgan fingerprint density at radius 2 is 2.13 bits per heavy atom. The highest BCUT2D eigenvalue weighted by molar-refractivity contribution is 6.06. The van der Waals surface area contributed by atoms with Gasteiger partial charge in [-0.1, -0.05) is 12.1 Å². The molecule has 1 aromatic rings. The van der Waals surface area contributed by atoms with Gasteiger partial charge in [0.05, 0.1) is 12.2 Å². The smallest absolute Gasteiger partial charge is 0.161 e. The molecule has 2 rings (SSSR count). The van der Waals surface area contributed by atoms with Crippen LogP contribution in [0.4, 0.5) is 5.69 Å². The van der Waals surface area contributed by atoms with Crippen molar-refractivity contribution in [2.45, 2.75) is 13.8 Å². The molecular weight excluding hydrogens is 188 g/mol. The molecule has 0 N–H and O–H groups in total. The van der Waals surface area contributed by atoms with Gasteiger partial charge in [0.15, 0.2) is 5.78 Å². The van der Waals surface area contributed by atoms with E-state index in [1.807, 2.05) is 31.2 Å². The summed E-state index contributed by atoms with van der Waals surface area (Å²) >= 11 is 0. The number of hydrogen-bond donors (Lipinski definition) is 0. The van der Waals surface area contributed by atoms with Crippen molar-refractivity contribution in [1.29, 1.82) is 0 Å². The van der Waals surface area contributed by atoms with Gasteiger partial charge in [0.2, 0.25) is 0 Å². The molecule has 0 aliphatic carbocycles. The van der Waals surface area contributed by atoms with E-state index < -0.39 is 0 Å². The predicted molar refractivity (Wildman–Crippen MR) is 61.8 cm³/mol. The van der Waals surface area contributed by atoms with E-state index >= 15 is 0 Å². The number of aliphatic imine (C=N–C) groups is 1. The Morgan fingerprint density at radius 3 is 2.73 bits per heavy atom. The molecule has 0 radical (unpaired) electrons. The molecule has 0 fully saturated rings. The van der Waals surface area contributed by atoms with Crippen molar-refractivity contribution in [2.75, 3.05) is 18.0 Å². The highest BCUT2D eigenvalue weighted by Crippen LogP contribution is 2.23. The Morgan fingerprint density at radius 1 is 1.40 bits per heavy atom. The van der Waals surface area contributed by atoms with Gasteiger partial charge in [-0.05, 0) is 26.0 Å². The van der Waals surface area contributed by atoms with Crippen LogP contribution in [0.25, 0.3) is 0 Å². The van der Waals surface area contributed by atoms with Crippen molar-refractivity contribution in [3.8, 4) is 0 Å². The Kier molecular flexibility index (Phi) is 2.54. The Labute approximate surface area is 89.4 Å². The lowest BCUT2D eigenvalue weighted by molar-refractivity contribution is 0.101. The first kappa shape index (κ1) is 9.90. The summed E-state index contributed by atoms with van der Waals surface area (Å²) in [6.45, 7) is 5.26. The summed E-state index contributed by atoms with van der Waals surface area (Å²) in [6.07, 6.45) is 0. The first-order valence-electron chi connectivity index (χ1n) is 5.08. The van der Waals surface area contributed by atoms with Crippen molar-refractivity contribution in [1.82, 2.24) is 0 Å². The number of nitrogens with zero attached hydrogens (tertiary/aromatic N) is 2. The topological polar surface area (TPSA) is 32.7 Å². The molecule has 0 spiro atoms. The minimum atomic E-state index is 0.102. The van der Waals surface area contributed by atoms with E-state index in [1.165, 1.54) is 0 Å². The number of rotatable bonds is 2. The number of hydrogen-bond acceptors (Lipinski definition) is 3. The standard InChI is InChI=1S/C12H14N2O/c1-9(15)11-5-3-4-6-12(11)14-8-7-13-10(14)2/h3-6H,7-8H2,1-2H3. The van der Waals surface area contributed by atoms with Gasteiger partial charge in [-0.15, -0.1) is 0 Å². The van der Waals surface area contributed by atoms with Crippen LogP contribution in [-0.4, -0.2) is 24.7 Å². The van der Waals surface area contributed by atoms with Crippen LogP contribution in [0.3, 0.4) is 0 Å². The number of ketones is 1. The van der Waals surface area contributed by atoms with Gasteiger partial charge in [-0.25, -0.2) is 0 Å². The summed E-state index contributed by atoms with van der Waals surface area (Å²) in [6, 6.07) is 7.68. The molecule has 0 saturated carbocycles. The summed E-state index contributed by atoms with van der Waals surface area (Å²) in [7, 11) is 0. The van der Waals surface area contributed by atoms with Crippen molar-refractivity contribution < 1.29 is 4.79 Å². The lowest BCUT2D eigenvalue weighted by atomic mass is 10.1. The lowest BCUT2D eigenvalue weighted by Gasteiger charge is -2.20. The van der Waals surface area contributed by atoms with Crippen molar-refractivity contribution in [2.24, 2.45) is 4.99 Å². The van der Waals surface area contributed by atoms with Crippen LogP contribution in [0.5, 0.6) is 0 Å². The second-order valence-corrected chi connectivity index (χ2v) is 3.65. The van der Waals surface area contributed by atoms with Gasteiger partial charge >= 0.3 is 0 Å². The minimum absolute atomic E-state index is 0.102. The Balaban J connectivity index is 2.43. The summed E-state index contributed by atoms with van der Waals surface area (Å²) in [5, 5.41) is 0. The van der Waals surface area contributed by atoms with Gasteiger partial charge < -0.3 is 4.90 Å². The summed E-state index contributed by atoms with van der Waals surface area (Å²) < 4.78 is 0. The second kappa shape index (κ2) is 3.85. The van der Waals surface area contributed by atoms with Gasteiger partial charge in [0.1, 0.15) is 5.84 Å². The number of anilines is 1. The maximum absolute atomic E-state index is 11.5. The van der Waals surface area contributed by atoms with Crippen LogP contribution in [0.15, 0.2) is 29.3 Å². The predicted octanol–water partition coefficient (Wildman–Crippen LogP) is 2.13. The first-order chi connectivity index (χ1) is 7.20. The van der Waals surface area contributed by atoms with Crippen LogP contribution in [-0.2, 0) is 0 Å². The minimum Gasteiger partial charge on any atom is -0.328 e. The van der Waals surface area contributed by atoms with E-state index in [0.29, 0.717) is 0 Å². The third kappa shape index (κ3) is 1.77. The highest BCUT2D eigenvalue weighted by atomic mass is 16.1. The Bertz CT molecular complexity index is 423. The molecule has 0 saturated heterocycles. The van der Waals surface area contributed by atoms with Gasteiger partial charge in [0.25, 0.3) is 0 Å². The van der Waals surface area contributed by atoms with Crippen molar-refractivity contribution in [3.05, 3.63) is 29.8 Å². The summed E-state index contributed by atoms with van der Waals surface area (Å²) in [5.74, 6) is 1.09. The third-order valence-corrected chi connectivity index (χ3v) is 2.63. The van der Waals surface area contributed by atoms with Gasteiger partial charge in [-0.3, -0.25) is 9.79 Å². The molecule has 78 valence electrons. The maximum atomic E-state index is 11.5. The molecule has 3 heteroatoms. The molecule has 0 atom stereocenters.